The molecule has 4 nitrogen and oxygen atoms in total. The maximum absolute atomic E-state index is 9.80. The summed E-state index contributed by atoms with van der Waals surface area (Å²) in [5.41, 5.74) is 0.794. The highest BCUT2D eigenvalue weighted by molar-refractivity contribution is 5.49. The number of allylic oxidation sites excluding steroid dienone is 2. The van der Waals surface area contributed by atoms with Gasteiger partial charge in [0.05, 0.1) is 5.57 Å². The number of aliphatic hydroxyl groups is 4. The second kappa shape index (κ2) is 4.98. The Morgan fingerprint density at radius 1 is 1.00 bits per heavy atom. The van der Waals surface area contributed by atoms with Crippen molar-refractivity contribution in [2.45, 2.75) is 5.92 Å². The van der Waals surface area contributed by atoms with Crippen molar-refractivity contribution in [1.29, 1.82) is 0 Å². The zero-order valence-corrected chi connectivity index (χ0v) is 9.61. The molecule has 0 atom stereocenters. The average molecular weight is 246 g/mol. The molecular weight excluding hydrogens is 232 g/mol. The van der Waals surface area contributed by atoms with Gasteiger partial charge in [0.15, 0.2) is 0 Å². The number of benzene rings is 1. The van der Waals surface area contributed by atoms with Crippen LogP contribution >= 0.6 is 0 Å². The van der Waals surface area contributed by atoms with Crippen molar-refractivity contribution in [3.05, 3.63) is 70.9 Å². The molecule has 0 bridgehead atoms. The van der Waals surface area contributed by atoms with E-state index in [0.717, 1.165) is 5.56 Å². The van der Waals surface area contributed by atoms with Crippen molar-refractivity contribution in [3.8, 4) is 0 Å². The van der Waals surface area contributed by atoms with Gasteiger partial charge in [-0.25, -0.2) is 0 Å². The maximum Gasteiger partial charge on any atom is 0.132 e. The first-order valence-electron chi connectivity index (χ1n) is 5.53. The van der Waals surface area contributed by atoms with E-state index in [4.69, 9.17) is 5.11 Å². The summed E-state index contributed by atoms with van der Waals surface area (Å²) in [5.74, 6) is -1.20. The molecule has 0 fully saturated rings. The molecule has 0 unspecified atom stereocenters. The molecule has 0 radical (unpaired) electrons. The Kier molecular flexibility index (Phi) is 3.39. The third-order valence-corrected chi connectivity index (χ3v) is 2.81. The van der Waals surface area contributed by atoms with Crippen LogP contribution < -0.4 is 0 Å². The van der Waals surface area contributed by atoms with Crippen LogP contribution in [0.25, 0.3) is 0 Å². The summed E-state index contributed by atoms with van der Waals surface area (Å²) in [6.07, 6.45) is 3.02. The first kappa shape index (κ1) is 12.3. The van der Waals surface area contributed by atoms with E-state index in [1.54, 1.807) is 0 Å². The fraction of sp³-hybridized carbons (Fsp3) is 0.143. The first-order chi connectivity index (χ1) is 8.63. The number of rotatable bonds is 2. The smallest absolute Gasteiger partial charge is 0.132 e. The molecule has 4 heteroatoms. The number of aliphatic hydroxyl groups excluding tert-OH is 4. The minimum absolute atomic E-state index is 0.121. The van der Waals surface area contributed by atoms with Crippen LogP contribution in [-0.2, 0) is 0 Å². The molecule has 0 saturated heterocycles. The molecule has 18 heavy (non-hydrogen) atoms. The van der Waals surface area contributed by atoms with E-state index in [1.165, 1.54) is 12.2 Å². The molecule has 1 aliphatic rings. The minimum Gasteiger partial charge on any atom is -0.509 e. The van der Waals surface area contributed by atoms with Gasteiger partial charge in [0.25, 0.3) is 0 Å². The molecule has 1 aromatic rings. The van der Waals surface area contributed by atoms with E-state index in [9.17, 15) is 15.3 Å². The average Bonchev–Trinajstić information content (AvgIpc) is 2.38. The third kappa shape index (κ3) is 2.24. The molecule has 0 aliphatic heterocycles. The van der Waals surface area contributed by atoms with Crippen molar-refractivity contribution in [1.82, 2.24) is 0 Å². The fourth-order valence-electron chi connectivity index (χ4n) is 1.93. The summed E-state index contributed by atoms with van der Waals surface area (Å²) < 4.78 is 0. The van der Waals surface area contributed by atoms with Crippen molar-refractivity contribution in [3.63, 3.8) is 0 Å². The summed E-state index contributed by atoms with van der Waals surface area (Å²) in [4.78, 5) is 0. The van der Waals surface area contributed by atoms with Crippen LogP contribution in [0.2, 0.25) is 0 Å². The Balaban J connectivity index is 2.40. The summed E-state index contributed by atoms with van der Waals surface area (Å²) in [6, 6.07) is 9.35. The van der Waals surface area contributed by atoms with Gasteiger partial charge in [0.2, 0.25) is 0 Å². The van der Waals surface area contributed by atoms with E-state index in [-0.39, 0.29) is 23.0 Å². The molecule has 0 aromatic heterocycles. The van der Waals surface area contributed by atoms with Crippen LogP contribution in [0.1, 0.15) is 11.5 Å². The van der Waals surface area contributed by atoms with Gasteiger partial charge in [0.1, 0.15) is 23.9 Å². The van der Waals surface area contributed by atoms with Gasteiger partial charge < -0.3 is 20.4 Å². The van der Waals surface area contributed by atoms with Crippen LogP contribution in [-0.4, -0.2) is 27.0 Å². The Morgan fingerprint density at radius 3 is 2.06 bits per heavy atom. The summed E-state index contributed by atoms with van der Waals surface area (Å²) in [7, 11) is 0. The second-order valence-corrected chi connectivity index (χ2v) is 4.02. The monoisotopic (exact) mass is 246 g/mol. The van der Waals surface area contributed by atoms with Crippen LogP contribution in [0.5, 0.6) is 0 Å². The van der Waals surface area contributed by atoms with Crippen LogP contribution in [0.15, 0.2) is 65.3 Å². The minimum atomic E-state index is -0.638. The third-order valence-electron chi connectivity index (χ3n) is 2.81. The van der Waals surface area contributed by atoms with Crippen molar-refractivity contribution >= 4 is 0 Å². The van der Waals surface area contributed by atoms with Gasteiger partial charge in [-0.1, -0.05) is 30.3 Å². The largest absolute Gasteiger partial charge is 0.509 e. The zero-order chi connectivity index (χ0) is 13.1. The van der Waals surface area contributed by atoms with Gasteiger partial charge in [-0.05, 0) is 17.7 Å². The molecule has 94 valence electrons. The number of hydrogen-bond acceptors (Lipinski definition) is 4. The molecule has 1 aromatic carbocycles. The van der Waals surface area contributed by atoms with Crippen LogP contribution in [0.3, 0.4) is 0 Å². The summed E-state index contributed by atoms with van der Waals surface area (Å²) in [6.45, 7) is -0.638. The van der Waals surface area contributed by atoms with Crippen molar-refractivity contribution < 1.29 is 20.4 Å². The van der Waals surface area contributed by atoms with Gasteiger partial charge >= 0.3 is 0 Å². The topological polar surface area (TPSA) is 80.9 Å². The highest BCUT2D eigenvalue weighted by Gasteiger charge is 2.22. The van der Waals surface area contributed by atoms with Gasteiger partial charge in [0, 0.05) is 5.92 Å². The lowest BCUT2D eigenvalue weighted by Gasteiger charge is -2.18. The molecule has 0 spiro atoms. The van der Waals surface area contributed by atoms with E-state index in [1.807, 2.05) is 30.3 Å². The zero-order valence-electron chi connectivity index (χ0n) is 9.61. The SMILES string of the molecule is OCC(O)=C1C(O)=CC(c2ccccc2)C=C1O. The first-order valence-corrected chi connectivity index (χ1v) is 5.53. The summed E-state index contributed by atoms with van der Waals surface area (Å²) in [5, 5.41) is 37.8. The second-order valence-electron chi connectivity index (χ2n) is 4.02. The standard InChI is InChI=1S/C14H14O4/c15-8-13(18)14-11(16)6-10(7-12(14)17)9-4-2-1-3-5-9/h1-7,10,15-18H,8H2. The van der Waals surface area contributed by atoms with Crippen molar-refractivity contribution in [2.24, 2.45) is 0 Å². The lowest BCUT2D eigenvalue weighted by atomic mass is 9.90. The quantitative estimate of drug-likeness (QED) is 0.604. The van der Waals surface area contributed by atoms with Gasteiger partial charge in [-0.2, -0.15) is 0 Å². The predicted molar refractivity (Wildman–Crippen MR) is 67.3 cm³/mol. The van der Waals surface area contributed by atoms with Crippen LogP contribution in [0, 0.1) is 0 Å². The van der Waals surface area contributed by atoms with Gasteiger partial charge in [-0.3, -0.25) is 0 Å². The van der Waals surface area contributed by atoms with E-state index in [0.29, 0.717) is 0 Å². The van der Waals surface area contributed by atoms with E-state index >= 15 is 0 Å². The normalized spacial score (nSPS) is 19.2. The molecule has 0 amide bonds. The molecule has 4 N–H and O–H groups in total. The van der Waals surface area contributed by atoms with E-state index < -0.39 is 12.4 Å². The Hall–Kier alpha value is -2.20. The van der Waals surface area contributed by atoms with E-state index in [2.05, 4.69) is 0 Å². The summed E-state index contributed by atoms with van der Waals surface area (Å²) >= 11 is 0. The molecule has 0 saturated carbocycles. The Morgan fingerprint density at radius 2 is 1.56 bits per heavy atom. The molecular formula is C14H14O4. The highest BCUT2D eigenvalue weighted by Crippen LogP contribution is 2.32. The Bertz CT molecular complexity index is 504. The predicted octanol–water partition coefficient (Wildman–Crippen LogP) is 2.47. The molecule has 0 heterocycles. The highest BCUT2D eigenvalue weighted by atomic mass is 16.3. The lowest BCUT2D eigenvalue weighted by molar-refractivity contribution is 0.243. The Labute approximate surface area is 104 Å². The number of hydrogen-bond donors (Lipinski definition) is 4. The van der Waals surface area contributed by atoms with Crippen LogP contribution in [0.4, 0.5) is 0 Å². The van der Waals surface area contributed by atoms with Crippen molar-refractivity contribution in [2.75, 3.05) is 6.61 Å². The molecule has 1 aliphatic carbocycles. The fourth-order valence-corrected chi connectivity index (χ4v) is 1.93. The maximum atomic E-state index is 9.80. The lowest BCUT2D eigenvalue weighted by Crippen LogP contribution is -2.09. The molecule has 2 rings (SSSR count). The van der Waals surface area contributed by atoms with Gasteiger partial charge in [-0.15, -0.1) is 0 Å².